The molecule has 0 bridgehead atoms. The number of methoxy groups -OCH3 is 1. The van der Waals surface area contributed by atoms with Crippen LogP contribution in [0.1, 0.15) is 29.2 Å². The molecule has 1 aromatic heterocycles. The van der Waals surface area contributed by atoms with E-state index < -0.39 is 0 Å². The smallest absolute Gasteiger partial charge is 0.124 e. The molecule has 2 aromatic rings. The number of phenolic OH excluding ortho intramolecular Hbond substituents is 1. The maximum atomic E-state index is 9.98. The van der Waals surface area contributed by atoms with E-state index in [9.17, 15) is 5.11 Å². The van der Waals surface area contributed by atoms with Gasteiger partial charge in [-0.15, -0.1) is 11.3 Å². The molecule has 0 spiro atoms. The van der Waals surface area contributed by atoms with Crippen molar-refractivity contribution in [2.75, 3.05) is 13.7 Å². The number of rotatable bonds is 6. The Labute approximate surface area is 123 Å². The van der Waals surface area contributed by atoms with Crippen LogP contribution in [0.4, 0.5) is 0 Å². The minimum absolute atomic E-state index is 0.0852. The van der Waals surface area contributed by atoms with Gasteiger partial charge in [0.1, 0.15) is 11.5 Å². The Hall–Kier alpha value is -1.59. The molecule has 20 heavy (non-hydrogen) atoms. The van der Waals surface area contributed by atoms with Crippen molar-refractivity contribution in [1.82, 2.24) is 10.3 Å². The molecule has 0 amide bonds. The number of aromatic hydroxyl groups is 1. The molecule has 5 heteroatoms. The first kappa shape index (κ1) is 14.8. The van der Waals surface area contributed by atoms with Crippen molar-refractivity contribution in [3.63, 3.8) is 0 Å². The first-order valence-corrected chi connectivity index (χ1v) is 7.49. The van der Waals surface area contributed by atoms with E-state index in [1.54, 1.807) is 24.5 Å². The number of thiazole rings is 1. The van der Waals surface area contributed by atoms with Gasteiger partial charge in [-0.05, 0) is 19.9 Å². The second-order valence-electron chi connectivity index (χ2n) is 4.73. The fourth-order valence-electron chi connectivity index (χ4n) is 2.04. The molecular weight excluding hydrogens is 272 g/mol. The summed E-state index contributed by atoms with van der Waals surface area (Å²) < 4.78 is 5.08. The van der Waals surface area contributed by atoms with Gasteiger partial charge in [-0.25, -0.2) is 4.98 Å². The third-order valence-electron chi connectivity index (χ3n) is 3.16. The lowest BCUT2D eigenvalue weighted by molar-refractivity contribution is 0.404. The number of phenols is 1. The standard InChI is InChI=1S/C15H20N2O2S/c1-10-9-20-15(17-10)6-7-16-11(2)13-5-4-12(19-3)8-14(13)18/h4-5,8-9,11,16,18H,6-7H2,1-3H3. The maximum Gasteiger partial charge on any atom is 0.124 e. The first-order chi connectivity index (χ1) is 9.60. The molecule has 1 unspecified atom stereocenters. The van der Waals surface area contributed by atoms with Gasteiger partial charge in [0, 0.05) is 41.7 Å². The minimum atomic E-state index is 0.0852. The molecule has 0 aliphatic heterocycles. The largest absolute Gasteiger partial charge is 0.507 e. The number of ether oxygens (including phenoxy) is 1. The van der Waals surface area contributed by atoms with Gasteiger partial charge in [-0.3, -0.25) is 0 Å². The molecule has 0 fully saturated rings. The fraction of sp³-hybridized carbons (Fsp3) is 0.400. The highest BCUT2D eigenvalue weighted by molar-refractivity contribution is 7.09. The maximum absolute atomic E-state index is 9.98. The minimum Gasteiger partial charge on any atom is -0.507 e. The van der Waals surface area contributed by atoms with E-state index in [0.29, 0.717) is 5.75 Å². The molecule has 2 rings (SSSR count). The van der Waals surface area contributed by atoms with E-state index in [2.05, 4.69) is 15.7 Å². The molecule has 1 heterocycles. The molecule has 4 nitrogen and oxygen atoms in total. The number of hydrogen-bond donors (Lipinski definition) is 2. The van der Waals surface area contributed by atoms with E-state index in [4.69, 9.17) is 4.74 Å². The number of benzene rings is 1. The van der Waals surface area contributed by atoms with Gasteiger partial charge in [-0.1, -0.05) is 6.07 Å². The van der Waals surface area contributed by atoms with Crippen LogP contribution < -0.4 is 10.1 Å². The molecule has 0 radical (unpaired) electrons. The van der Waals surface area contributed by atoms with Crippen LogP contribution in [0.3, 0.4) is 0 Å². The molecule has 2 N–H and O–H groups in total. The predicted molar refractivity (Wildman–Crippen MR) is 81.6 cm³/mol. The zero-order valence-electron chi connectivity index (χ0n) is 12.0. The third kappa shape index (κ3) is 3.71. The van der Waals surface area contributed by atoms with Gasteiger partial charge in [0.05, 0.1) is 12.1 Å². The van der Waals surface area contributed by atoms with E-state index in [1.807, 2.05) is 26.0 Å². The Bertz CT molecular complexity index is 569. The molecule has 0 saturated carbocycles. The lowest BCUT2D eigenvalue weighted by atomic mass is 10.1. The van der Waals surface area contributed by atoms with E-state index in [0.717, 1.165) is 29.2 Å². The monoisotopic (exact) mass is 292 g/mol. The summed E-state index contributed by atoms with van der Waals surface area (Å²) in [5, 5.41) is 16.6. The Morgan fingerprint density at radius 3 is 2.85 bits per heavy atom. The summed E-state index contributed by atoms with van der Waals surface area (Å²) in [6, 6.07) is 5.47. The van der Waals surface area contributed by atoms with Gasteiger partial charge < -0.3 is 15.2 Å². The second kappa shape index (κ2) is 6.72. The summed E-state index contributed by atoms with van der Waals surface area (Å²) in [7, 11) is 1.59. The number of nitrogens with zero attached hydrogens (tertiary/aromatic N) is 1. The topological polar surface area (TPSA) is 54.4 Å². The van der Waals surface area contributed by atoms with Crippen molar-refractivity contribution in [3.8, 4) is 11.5 Å². The van der Waals surface area contributed by atoms with Gasteiger partial charge in [0.15, 0.2) is 0 Å². The lowest BCUT2D eigenvalue weighted by Gasteiger charge is -2.15. The Balaban J connectivity index is 1.89. The van der Waals surface area contributed by atoms with Crippen molar-refractivity contribution < 1.29 is 9.84 Å². The van der Waals surface area contributed by atoms with Gasteiger partial charge >= 0.3 is 0 Å². The van der Waals surface area contributed by atoms with Crippen LogP contribution in [-0.4, -0.2) is 23.7 Å². The summed E-state index contributed by atoms with van der Waals surface area (Å²) in [5.41, 5.74) is 1.95. The first-order valence-electron chi connectivity index (χ1n) is 6.61. The van der Waals surface area contributed by atoms with E-state index in [1.165, 1.54) is 0 Å². The highest BCUT2D eigenvalue weighted by Crippen LogP contribution is 2.28. The predicted octanol–water partition coefficient (Wildman–Crippen LogP) is 3.06. The lowest BCUT2D eigenvalue weighted by Crippen LogP contribution is -2.21. The number of aromatic nitrogens is 1. The summed E-state index contributed by atoms with van der Waals surface area (Å²) in [5.74, 6) is 0.922. The number of nitrogens with one attached hydrogen (secondary N) is 1. The van der Waals surface area contributed by atoms with Crippen molar-refractivity contribution in [2.45, 2.75) is 26.3 Å². The van der Waals surface area contributed by atoms with Gasteiger partial charge in [-0.2, -0.15) is 0 Å². The Morgan fingerprint density at radius 1 is 1.45 bits per heavy atom. The van der Waals surface area contributed by atoms with Crippen molar-refractivity contribution in [1.29, 1.82) is 0 Å². The third-order valence-corrected chi connectivity index (χ3v) is 4.19. The number of aryl methyl sites for hydroxylation is 1. The highest BCUT2D eigenvalue weighted by atomic mass is 32.1. The molecule has 0 aliphatic carbocycles. The normalized spacial score (nSPS) is 12.3. The van der Waals surface area contributed by atoms with Crippen LogP contribution in [0.25, 0.3) is 0 Å². The van der Waals surface area contributed by atoms with Crippen LogP contribution in [-0.2, 0) is 6.42 Å². The molecular formula is C15H20N2O2S. The molecule has 1 aromatic carbocycles. The van der Waals surface area contributed by atoms with Crippen LogP contribution in [0.2, 0.25) is 0 Å². The summed E-state index contributed by atoms with van der Waals surface area (Å²) >= 11 is 1.69. The van der Waals surface area contributed by atoms with Gasteiger partial charge in [0.25, 0.3) is 0 Å². The highest BCUT2D eigenvalue weighted by Gasteiger charge is 2.11. The van der Waals surface area contributed by atoms with E-state index >= 15 is 0 Å². The number of hydrogen-bond acceptors (Lipinski definition) is 5. The molecule has 108 valence electrons. The van der Waals surface area contributed by atoms with Crippen LogP contribution in [0, 0.1) is 6.92 Å². The zero-order valence-corrected chi connectivity index (χ0v) is 12.8. The fourth-order valence-corrected chi connectivity index (χ4v) is 2.82. The van der Waals surface area contributed by atoms with Crippen LogP contribution in [0.15, 0.2) is 23.6 Å². The summed E-state index contributed by atoms with van der Waals surface area (Å²) in [4.78, 5) is 4.43. The van der Waals surface area contributed by atoms with Crippen molar-refractivity contribution >= 4 is 11.3 Å². The Morgan fingerprint density at radius 2 is 2.25 bits per heavy atom. The average Bonchev–Trinajstić information content (AvgIpc) is 2.84. The quantitative estimate of drug-likeness (QED) is 0.859. The molecule has 0 saturated heterocycles. The van der Waals surface area contributed by atoms with Crippen LogP contribution in [0.5, 0.6) is 11.5 Å². The average molecular weight is 292 g/mol. The second-order valence-corrected chi connectivity index (χ2v) is 5.68. The van der Waals surface area contributed by atoms with Crippen molar-refractivity contribution in [3.05, 3.63) is 39.8 Å². The van der Waals surface area contributed by atoms with Crippen LogP contribution >= 0.6 is 11.3 Å². The zero-order chi connectivity index (χ0) is 14.5. The summed E-state index contributed by atoms with van der Waals surface area (Å²) in [6.45, 7) is 4.87. The molecule has 1 atom stereocenters. The van der Waals surface area contributed by atoms with Crippen molar-refractivity contribution in [2.24, 2.45) is 0 Å². The molecule has 0 aliphatic rings. The van der Waals surface area contributed by atoms with E-state index in [-0.39, 0.29) is 11.8 Å². The van der Waals surface area contributed by atoms with Gasteiger partial charge in [0.2, 0.25) is 0 Å². The summed E-state index contributed by atoms with van der Waals surface area (Å²) in [6.07, 6.45) is 0.903. The Kier molecular flexibility index (Phi) is 4.98. The SMILES string of the molecule is COc1ccc(C(C)NCCc2nc(C)cs2)c(O)c1.